The van der Waals surface area contributed by atoms with Crippen LogP contribution in [-0.2, 0) is 24.8 Å². The lowest BCUT2D eigenvalue weighted by molar-refractivity contribution is 0.0600. The van der Waals surface area contributed by atoms with Crippen molar-refractivity contribution in [3.8, 4) is 0 Å². The Morgan fingerprint density at radius 1 is 1.07 bits per heavy atom. The predicted molar refractivity (Wildman–Crippen MR) is 108 cm³/mol. The van der Waals surface area contributed by atoms with Crippen molar-refractivity contribution >= 4 is 43.3 Å². The number of sulfonamides is 2. The van der Waals surface area contributed by atoms with Crippen molar-refractivity contribution in [3.05, 3.63) is 52.8 Å². The van der Waals surface area contributed by atoms with Crippen molar-refractivity contribution in [2.45, 2.75) is 22.6 Å². The first-order chi connectivity index (χ1) is 14.1. The molecule has 12 heteroatoms. The summed E-state index contributed by atoms with van der Waals surface area (Å²) in [7, 11) is -7.29. The molecule has 0 radical (unpaired) electrons. The lowest BCUT2D eigenvalue weighted by atomic mass is 10.2. The number of nitrogens with zero attached hydrogens (tertiary/aromatic N) is 1. The van der Waals surface area contributed by atoms with Crippen molar-refractivity contribution in [2.75, 3.05) is 24.9 Å². The fourth-order valence-electron chi connectivity index (χ4n) is 3.00. The standard InChI is InChI=1S/C18H18ClFN2O6S2/c1-28-18(23)12-4-7-15(20)17(10-12)29(24,25)21-13-5-6-14(19)16(11-13)30(26,27)22-8-2-3-9-22/h4-7,10-11,21H,2-3,8-9H2,1H3. The highest BCUT2D eigenvalue weighted by molar-refractivity contribution is 7.92. The Labute approximate surface area is 178 Å². The van der Waals surface area contributed by atoms with Crippen molar-refractivity contribution in [2.24, 2.45) is 0 Å². The van der Waals surface area contributed by atoms with Crippen LogP contribution in [-0.4, -0.2) is 47.3 Å². The summed E-state index contributed by atoms with van der Waals surface area (Å²) in [5.41, 5.74) is -0.285. The van der Waals surface area contributed by atoms with E-state index in [1.54, 1.807) is 0 Å². The fraction of sp³-hybridized carbons (Fsp3) is 0.278. The van der Waals surface area contributed by atoms with Gasteiger partial charge >= 0.3 is 5.97 Å². The molecule has 2 aromatic rings. The van der Waals surface area contributed by atoms with Gasteiger partial charge in [0.15, 0.2) is 0 Å². The minimum atomic E-state index is -4.49. The van der Waals surface area contributed by atoms with E-state index in [-0.39, 0.29) is 21.2 Å². The number of rotatable bonds is 6. The van der Waals surface area contributed by atoms with E-state index in [2.05, 4.69) is 9.46 Å². The van der Waals surface area contributed by atoms with Gasteiger partial charge in [-0.1, -0.05) is 11.6 Å². The van der Waals surface area contributed by atoms with Crippen LogP contribution in [0.3, 0.4) is 0 Å². The Morgan fingerprint density at radius 3 is 2.37 bits per heavy atom. The molecule has 0 atom stereocenters. The van der Waals surface area contributed by atoms with Crippen molar-refractivity contribution in [1.29, 1.82) is 0 Å². The second-order valence-corrected chi connectivity index (χ2v) is 10.5. The molecule has 0 bridgehead atoms. The number of esters is 1. The molecule has 0 amide bonds. The lowest BCUT2D eigenvalue weighted by Gasteiger charge is -2.17. The van der Waals surface area contributed by atoms with Crippen LogP contribution in [0.15, 0.2) is 46.2 Å². The minimum absolute atomic E-state index is 0.0660. The van der Waals surface area contributed by atoms with Crippen LogP contribution in [0.5, 0.6) is 0 Å². The summed E-state index contributed by atoms with van der Waals surface area (Å²) in [6.07, 6.45) is 1.44. The maximum absolute atomic E-state index is 14.2. The van der Waals surface area contributed by atoms with E-state index in [0.29, 0.717) is 13.1 Å². The van der Waals surface area contributed by atoms with Crippen LogP contribution < -0.4 is 4.72 Å². The second kappa shape index (κ2) is 8.50. The number of ether oxygens (including phenoxy) is 1. The Morgan fingerprint density at radius 2 is 1.73 bits per heavy atom. The predicted octanol–water partition coefficient (Wildman–Crippen LogP) is 2.85. The first-order valence-corrected chi connectivity index (χ1v) is 12.1. The molecule has 1 saturated heterocycles. The number of carbonyl (C=O) groups excluding carboxylic acids is 1. The highest BCUT2D eigenvalue weighted by Crippen LogP contribution is 2.30. The Kier molecular flexibility index (Phi) is 6.37. The monoisotopic (exact) mass is 476 g/mol. The number of nitrogens with one attached hydrogen (secondary N) is 1. The summed E-state index contributed by atoms with van der Waals surface area (Å²) in [5, 5.41) is -0.0660. The highest BCUT2D eigenvalue weighted by Gasteiger charge is 2.30. The third-order valence-electron chi connectivity index (χ3n) is 4.51. The van der Waals surface area contributed by atoms with Crippen LogP contribution in [0.2, 0.25) is 5.02 Å². The Bertz CT molecular complexity index is 1200. The first-order valence-electron chi connectivity index (χ1n) is 8.76. The average Bonchev–Trinajstić information content (AvgIpc) is 3.24. The van der Waals surface area contributed by atoms with Gasteiger partial charge in [0.25, 0.3) is 10.0 Å². The van der Waals surface area contributed by atoms with E-state index < -0.39 is 36.7 Å². The van der Waals surface area contributed by atoms with Gasteiger partial charge in [0, 0.05) is 13.1 Å². The molecule has 2 aromatic carbocycles. The normalized spacial score (nSPS) is 15.2. The summed E-state index contributed by atoms with van der Waals surface area (Å²) >= 11 is 6.05. The number of anilines is 1. The van der Waals surface area contributed by atoms with Gasteiger partial charge in [-0.15, -0.1) is 0 Å². The zero-order valence-electron chi connectivity index (χ0n) is 15.8. The Hall–Kier alpha value is -2.21. The minimum Gasteiger partial charge on any atom is -0.465 e. The number of benzene rings is 2. The van der Waals surface area contributed by atoms with E-state index in [1.807, 2.05) is 0 Å². The molecular formula is C18H18ClFN2O6S2. The zero-order chi connectivity index (χ0) is 22.1. The van der Waals surface area contributed by atoms with E-state index in [9.17, 15) is 26.0 Å². The summed E-state index contributed by atoms with van der Waals surface area (Å²) in [6.45, 7) is 0.695. The van der Waals surface area contributed by atoms with Gasteiger partial charge < -0.3 is 4.74 Å². The average molecular weight is 477 g/mol. The van der Waals surface area contributed by atoms with E-state index in [0.717, 1.165) is 44.2 Å². The van der Waals surface area contributed by atoms with Crippen molar-refractivity contribution < 1.29 is 30.8 Å². The van der Waals surface area contributed by atoms with E-state index in [1.165, 1.54) is 16.4 Å². The molecule has 162 valence electrons. The van der Waals surface area contributed by atoms with Gasteiger partial charge in [-0.3, -0.25) is 4.72 Å². The van der Waals surface area contributed by atoms with Crippen LogP contribution in [0.25, 0.3) is 0 Å². The molecule has 0 unspecified atom stereocenters. The molecule has 8 nitrogen and oxygen atoms in total. The molecule has 0 aliphatic carbocycles. The number of carbonyl (C=O) groups is 1. The number of halogens is 2. The highest BCUT2D eigenvalue weighted by atomic mass is 35.5. The number of methoxy groups -OCH3 is 1. The maximum atomic E-state index is 14.2. The molecule has 0 aromatic heterocycles. The van der Waals surface area contributed by atoms with Crippen molar-refractivity contribution in [3.63, 3.8) is 0 Å². The second-order valence-electron chi connectivity index (χ2n) is 6.50. The van der Waals surface area contributed by atoms with Crippen LogP contribution in [0.1, 0.15) is 23.2 Å². The summed E-state index contributed by atoms with van der Waals surface area (Å²) < 4.78 is 73.1. The zero-order valence-corrected chi connectivity index (χ0v) is 18.2. The molecule has 1 fully saturated rings. The third-order valence-corrected chi connectivity index (χ3v) is 8.28. The van der Waals surface area contributed by atoms with Gasteiger partial charge in [0.2, 0.25) is 10.0 Å². The largest absolute Gasteiger partial charge is 0.465 e. The topological polar surface area (TPSA) is 110 Å². The Balaban J connectivity index is 1.98. The summed E-state index contributed by atoms with van der Waals surface area (Å²) in [4.78, 5) is 10.6. The molecule has 1 heterocycles. The van der Waals surface area contributed by atoms with E-state index >= 15 is 0 Å². The quantitative estimate of drug-likeness (QED) is 0.642. The van der Waals surface area contributed by atoms with Crippen LogP contribution in [0, 0.1) is 5.82 Å². The number of hydrogen-bond donors (Lipinski definition) is 1. The smallest absolute Gasteiger partial charge is 0.337 e. The lowest BCUT2D eigenvalue weighted by Crippen LogP contribution is -2.28. The maximum Gasteiger partial charge on any atom is 0.337 e. The fourth-order valence-corrected chi connectivity index (χ4v) is 6.17. The van der Waals surface area contributed by atoms with Gasteiger partial charge in [-0.05, 0) is 49.2 Å². The molecule has 1 N–H and O–H groups in total. The van der Waals surface area contributed by atoms with E-state index in [4.69, 9.17) is 11.6 Å². The molecule has 0 saturated carbocycles. The first kappa shape index (κ1) is 22.5. The SMILES string of the molecule is COC(=O)c1ccc(F)c(S(=O)(=O)Nc2ccc(Cl)c(S(=O)(=O)N3CCCC3)c2)c1. The van der Waals surface area contributed by atoms with Gasteiger partial charge in [0.1, 0.15) is 15.6 Å². The molecular weight excluding hydrogens is 459 g/mol. The molecule has 1 aliphatic heterocycles. The summed E-state index contributed by atoms with van der Waals surface area (Å²) in [5.74, 6) is -1.93. The number of hydrogen-bond acceptors (Lipinski definition) is 6. The van der Waals surface area contributed by atoms with Crippen LogP contribution in [0.4, 0.5) is 10.1 Å². The summed E-state index contributed by atoms with van der Waals surface area (Å²) in [6, 6.07) is 6.32. The molecule has 1 aliphatic rings. The molecule has 30 heavy (non-hydrogen) atoms. The van der Waals surface area contributed by atoms with Crippen LogP contribution >= 0.6 is 11.6 Å². The third kappa shape index (κ3) is 4.43. The van der Waals surface area contributed by atoms with Gasteiger partial charge in [-0.2, -0.15) is 4.31 Å². The van der Waals surface area contributed by atoms with Crippen molar-refractivity contribution in [1.82, 2.24) is 4.31 Å². The molecule has 0 spiro atoms. The molecule has 3 rings (SSSR count). The van der Waals surface area contributed by atoms with Gasteiger partial charge in [-0.25, -0.2) is 26.0 Å². The van der Waals surface area contributed by atoms with Gasteiger partial charge in [0.05, 0.1) is 23.4 Å².